The van der Waals surface area contributed by atoms with Crippen molar-refractivity contribution in [1.82, 2.24) is 9.80 Å². The van der Waals surface area contributed by atoms with Gasteiger partial charge in [-0.15, -0.1) is 11.3 Å². The molecule has 3 aromatic rings. The van der Waals surface area contributed by atoms with Crippen LogP contribution in [0.15, 0.2) is 60.0 Å². The van der Waals surface area contributed by atoms with Crippen LogP contribution in [0.4, 0.5) is 4.39 Å². The summed E-state index contributed by atoms with van der Waals surface area (Å²) in [5.74, 6) is -0.142. The second-order valence-electron chi connectivity index (χ2n) is 8.40. The predicted octanol–water partition coefficient (Wildman–Crippen LogP) is 5.45. The van der Waals surface area contributed by atoms with Crippen molar-refractivity contribution in [1.29, 1.82) is 0 Å². The van der Waals surface area contributed by atoms with Crippen molar-refractivity contribution in [2.75, 3.05) is 13.2 Å². The molecule has 0 aliphatic heterocycles. The lowest BCUT2D eigenvalue weighted by atomic mass is 10.2. The van der Waals surface area contributed by atoms with Gasteiger partial charge in [0.25, 0.3) is 5.91 Å². The fourth-order valence-corrected chi connectivity index (χ4v) is 4.64. The molecule has 0 unspecified atom stereocenters. The number of halogens is 2. The number of hydrogen-bond donors (Lipinski definition) is 0. The zero-order valence-corrected chi connectivity index (χ0v) is 20.4. The summed E-state index contributed by atoms with van der Waals surface area (Å²) in [5, 5.41) is 2.59. The normalized spacial score (nSPS) is 12.9. The SMILES string of the molecule is Cc1ccsc1CN(Cc1ccc(F)cc1)C(=O)CN(C(=O)COc1ccc(Cl)cc1)C1CC1. The molecule has 1 fully saturated rings. The van der Waals surface area contributed by atoms with Gasteiger partial charge in [-0.2, -0.15) is 0 Å². The van der Waals surface area contributed by atoms with Crippen molar-refractivity contribution in [3.05, 3.63) is 86.8 Å². The molecular weight excluding hydrogens is 475 g/mol. The van der Waals surface area contributed by atoms with Gasteiger partial charge in [-0.1, -0.05) is 23.7 Å². The Labute approximate surface area is 207 Å². The molecule has 34 heavy (non-hydrogen) atoms. The van der Waals surface area contributed by atoms with E-state index in [0.29, 0.717) is 23.9 Å². The molecule has 5 nitrogen and oxygen atoms in total. The van der Waals surface area contributed by atoms with Crippen LogP contribution >= 0.6 is 22.9 Å². The topological polar surface area (TPSA) is 49.9 Å². The molecule has 0 N–H and O–H groups in total. The number of benzene rings is 2. The highest BCUT2D eigenvalue weighted by atomic mass is 35.5. The molecule has 4 rings (SSSR count). The number of ether oxygens (including phenoxy) is 1. The Kier molecular flexibility index (Phi) is 7.85. The van der Waals surface area contributed by atoms with E-state index in [2.05, 4.69) is 0 Å². The minimum atomic E-state index is -0.318. The van der Waals surface area contributed by atoms with Gasteiger partial charge in [0, 0.05) is 22.5 Å². The predicted molar refractivity (Wildman–Crippen MR) is 131 cm³/mol. The Morgan fingerprint density at radius 3 is 2.35 bits per heavy atom. The fourth-order valence-electron chi connectivity index (χ4n) is 3.59. The summed E-state index contributed by atoms with van der Waals surface area (Å²) in [7, 11) is 0. The van der Waals surface area contributed by atoms with Crippen LogP contribution in [0.1, 0.15) is 28.8 Å². The maximum Gasteiger partial charge on any atom is 0.261 e. The molecule has 2 amide bonds. The molecule has 0 spiro atoms. The first kappa shape index (κ1) is 24.2. The molecule has 1 heterocycles. The van der Waals surface area contributed by atoms with Gasteiger partial charge in [-0.25, -0.2) is 4.39 Å². The summed E-state index contributed by atoms with van der Waals surface area (Å²) < 4.78 is 19.0. The quantitative estimate of drug-likeness (QED) is 0.372. The van der Waals surface area contributed by atoms with Crippen molar-refractivity contribution in [2.24, 2.45) is 0 Å². The molecule has 0 saturated heterocycles. The average Bonchev–Trinajstić information content (AvgIpc) is 3.59. The number of carbonyl (C=O) groups excluding carboxylic acids is 2. The van der Waals surface area contributed by atoms with Crippen LogP contribution in [-0.2, 0) is 22.7 Å². The molecule has 1 aromatic heterocycles. The van der Waals surface area contributed by atoms with Crippen LogP contribution in [0, 0.1) is 12.7 Å². The van der Waals surface area contributed by atoms with E-state index in [9.17, 15) is 14.0 Å². The standard InChI is InChI=1S/C26H26ClFN2O3S/c1-18-12-13-34-24(18)15-29(14-19-2-6-21(28)7-3-19)25(31)16-30(22-8-9-22)26(32)17-33-23-10-4-20(27)5-11-23/h2-7,10-13,22H,8-9,14-17H2,1H3. The molecule has 8 heteroatoms. The number of hydrogen-bond acceptors (Lipinski definition) is 4. The van der Waals surface area contributed by atoms with E-state index in [4.69, 9.17) is 16.3 Å². The first-order valence-electron chi connectivity index (χ1n) is 11.1. The Hall–Kier alpha value is -2.90. The summed E-state index contributed by atoms with van der Waals surface area (Å²) in [6, 6.07) is 15.0. The van der Waals surface area contributed by atoms with Crippen molar-refractivity contribution < 1.29 is 18.7 Å². The van der Waals surface area contributed by atoms with Gasteiger partial charge in [-0.3, -0.25) is 9.59 Å². The van der Waals surface area contributed by atoms with E-state index in [1.807, 2.05) is 18.4 Å². The third kappa shape index (κ3) is 6.58. The Bertz CT molecular complexity index is 1130. The molecule has 1 aliphatic rings. The lowest BCUT2D eigenvalue weighted by molar-refractivity contribution is -0.142. The molecule has 0 bridgehead atoms. The Balaban J connectivity index is 1.44. The van der Waals surface area contributed by atoms with Crippen LogP contribution < -0.4 is 4.74 Å². The number of amides is 2. The van der Waals surface area contributed by atoms with E-state index < -0.39 is 0 Å². The molecule has 178 valence electrons. The summed E-state index contributed by atoms with van der Waals surface area (Å²) in [5.41, 5.74) is 1.95. The summed E-state index contributed by atoms with van der Waals surface area (Å²) in [4.78, 5) is 30.8. The number of aryl methyl sites for hydroxylation is 1. The smallest absolute Gasteiger partial charge is 0.261 e. The maximum absolute atomic E-state index is 13.4. The second kappa shape index (κ2) is 11.0. The number of nitrogens with zero attached hydrogens (tertiary/aromatic N) is 2. The lowest BCUT2D eigenvalue weighted by Crippen LogP contribution is -2.45. The number of rotatable bonds is 10. The van der Waals surface area contributed by atoms with E-state index in [1.165, 1.54) is 12.1 Å². The van der Waals surface area contributed by atoms with Crippen LogP contribution in [0.25, 0.3) is 0 Å². The van der Waals surface area contributed by atoms with E-state index in [1.54, 1.807) is 57.5 Å². The van der Waals surface area contributed by atoms with Gasteiger partial charge >= 0.3 is 0 Å². The van der Waals surface area contributed by atoms with Crippen molar-refractivity contribution in [3.8, 4) is 5.75 Å². The van der Waals surface area contributed by atoms with Gasteiger partial charge < -0.3 is 14.5 Å². The highest BCUT2D eigenvalue weighted by Gasteiger charge is 2.35. The number of carbonyl (C=O) groups is 2. The Morgan fingerprint density at radius 2 is 1.74 bits per heavy atom. The van der Waals surface area contributed by atoms with Crippen LogP contribution in [0.2, 0.25) is 5.02 Å². The van der Waals surface area contributed by atoms with Gasteiger partial charge in [0.2, 0.25) is 5.91 Å². The fraction of sp³-hybridized carbons (Fsp3) is 0.308. The highest BCUT2D eigenvalue weighted by Crippen LogP contribution is 2.28. The zero-order valence-electron chi connectivity index (χ0n) is 18.9. The van der Waals surface area contributed by atoms with Gasteiger partial charge in [-0.05, 0) is 78.7 Å². The molecular formula is C26H26ClFN2O3S. The van der Waals surface area contributed by atoms with Crippen LogP contribution in [0.5, 0.6) is 5.75 Å². The lowest BCUT2D eigenvalue weighted by Gasteiger charge is -2.28. The van der Waals surface area contributed by atoms with E-state index in [0.717, 1.165) is 28.8 Å². The first-order valence-corrected chi connectivity index (χ1v) is 12.4. The van der Waals surface area contributed by atoms with E-state index >= 15 is 0 Å². The van der Waals surface area contributed by atoms with Crippen molar-refractivity contribution in [2.45, 2.75) is 38.9 Å². The number of thiophene rings is 1. The van der Waals surface area contributed by atoms with Crippen LogP contribution in [-0.4, -0.2) is 40.8 Å². The summed E-state index contributed by atoms with van der Waals surface area (Å²) in [6.45, 7) is 2.63. The molecule has 1 saturated carbocycles. The van der Waals surface area contributed by atoms with Crippen molar-refractivity contribution >= 4 is 34.8 Å². The molecule has 1 aliphatic carbocycles. The third-order valence-corrected chi connectivity index (χ3v) is 6.99. The first-order chi connectivity index (χ1) is 16.4. The summed E-state index contributed by atoms with van der Waals surface area (Å²) >= 11 is 7.49. The maximum atomic E-state index is 13.4. The van der Waals surface area contributed by atoms with Crippen molar-refractivity contribution in [3.63, 3.8) is 0 Å². The van der Waals surface area contributed by atoms with Gasteiger partial charge in [0.05, 0.1) is 6.54 Å². The van der Waals surface area contributed by atoms with Gasteiger partial charge in [0.15, 0.2) is 6.61 Å². The largest absolute Gasteiger partial charge is 0.484 e. The van der Waals surface area contributed by atoms with E-state index in [-0.39, 0.29) is 36.8 Å². The molecule has 0 atom stereocenters. The Morgan fingerprint density at radius 1 is 1.03 bits per heavy atom. The zero-order chi connectivity index (χ0) is 24.1. The average molecular weight is 501 g/mol. The third-order valence-electron chi connectivity index (χ3n) is 5.73. The minimum absolute atomic E-state index is 0.0148. The summed E-state index contributed by atoms with van der Waals surface area (Å²) in [6.07, 6.45) is 1.75. The highest BCUT2D eigenvalue weighted by molar-refractivity contribution is 7.10. The monoisotopic (exact) mass is 500 g/mol. The molecule has 0 radical (unpaired) electrons. The molecule has 2 aromatic carbocycles. The van der Waals surface area contributed by atoms with Gasteiger partial charge in [0.1, 0.15) is 18.1 Å². The minimum Gasteiger partial charge on any atom is -0.484 e. The van der Waals surface area contributed by atoms with Crippen LogP contribution in [0.3, 0.4) is 0 Å². The second-order valence-corrected chi connectivity index (χ2v) is 9.84.